The monoisotopic (exact) mass is 362 g/mol. The van der Waals surface area contributed by atoms with Crippen LogP contribution in [0.25, 0.3) is 11.1 Å². The van der Waals surface area contributed by atoms with Gasteiger partial charge in [0.05, 0.1) is 5.71 Å². The first-order valence-corrected chi connectivity index (χ1v) is 9.99. The Morgan fingerprint density at radius 2 is 1.68 bits per heavy atom. The molecule has 0 amide bonds. The molecule has 136 valence electrons. The van der Waals surface area contributed by atoms with Crippen LogP contribution in [0.3, 0.4) is 0 Å². The van der Waals surface area contributed by atoms with Crippen molar-refractivity contribution in [1.82, 2.24) is 5.01 Å². The molecular weight excluding hydrogens is 340 g/mol. The highest BCUT2D eigenvalue weighted by molar-refractivity contribution is 6.13. The van der Waals surface area contributed by atoms with Crippen molar-refractivity contribution in [1.29, 1.82) is 0 Å². The number of benzene rings is 2. The Kier molecular flexibility index (Phi) is 3.09. The van der Waals surface area contributed by atoms with E-state index < -0.39 is 0 Å². The Labute approximate surface area is 165 Å². The molecule has 2 aliphatic heterocycles. The van der Waals surface area contributed by atoms with Crippen molar-refractivity contribution in [3.8, 4) is 11.1 Å². The van der Waals surface area contributed by atoms with Crippen LogP contribution in [0.2, 0.25) is 0 Å². The molecule has 28 heavy (non-hydrogen) atoms. The van der Waals surface area contributed by atoms with Gasteiger partial charge in [-0.1, -0.05) is 91.9 Å². The summed E-state index contributed by atoms with van der Waals surface area (Å²) in [5, 5.41) is 6.93. The maximum atomic E-state index is 4.68. The molecule has 4 aliphatic rings. The van der Waals surface area contributed by atoms with E-state index in [0.717, 1.165) is 6.42 Å². The summed E-state index contributed by atoms with van der Waals surface area (Å²) in [5.41, 5.74) is 6.68. The molecule has 3 unspecified atom stereocenters. The van der Waals surface area contributed by atoms with Crippen LogP contribution in [0.4, 0.5) is 0 Å². The molecule has 0 radical (unpaired) electrons. The summed E-state index contributed by atoms with van der Waals surface area (Å²) >= 11 is 0. The number of allylic oxidation sites excluding steroid dienone is 5. The average molecular weight is 362 g/mol. The molecule has 2 aliphatic carbocycles. The van der Waals surface area contributed by atoms with Gasteiger partial charge in [-0.05, 0) is 40.8 Å². The molecule has 0 bridgehead atoms. The predicted molar refractivity (Wildman–Crippen MR) is 115 cm³/mol. The number of hydrogen-bond donors (Lipinski definition) is 0. The van der Waals surface area contributed by atoms with Gasteiger partial charge in [-0.2, -0.15) is 5.10 Å². The van der Waals surface area contributed by atoms with Gasteiger partial charge in [-0.25, -0.2) is 0 Å². The second-order valence-corrected chi connectivity index (χ2v) is 8.41. The zero-order valence-corrected chi connectivity index (χ0v) is 15.9. The highest BCUT2D eigenvalue weighted by atomic mass is 15.7. The molecule has 3 atom stereocenters. The Balaban J connectivity index is 1.26. The molecule has 2 aromatic carbocycles. The molecule has 2 heterocycles. The molecule has 2 heteroatoms. The third-order valence-electron chi connectivity index (χ3n) is 6.66. The largest absolute Gasteiger partial charge is 0.268 e. The molecular formula is C26H22N2. The van der Waals surface area contributed by atoms with Crippen LogP contribution in [0.1, 0.15) is 18.9 Å². The van der Waals surface area contributed by atoms with Crippen molar-refractivity contribution in [3.63, 3.8) is 0 Å². The maximum Gasteiger partial charge on any atom is 0.146 e. The fourth-order valence-electron chi connectivity index (χ4n) is 5.04. The zero-order chi connectivity index (χ0) is 18.8. The molecule has 1 saturated heterocycles. The van der Waals surface area contributed by atoms with E-state index in [1.165, 1.54) is 28.0 Å². The Morgan fingerprint density at radius 1 is 0.893 bits per heavy atom. The van der Waals surface area contributed by atoms with E-state index in [-0.39, 0.29) is 11.0 Å². The van der Waals surface area contributed by atoms with Gasteiger partial charge in [-0.15, -0.1) is 0 Å². The van der Waals surface area contributed by atoms with Gasteiger partial charge < -0.3 is 0 Å². The molecule has 6 rings (SSSR count). The van der Waals surface area contributed by atoms with Crippen LogP contribution in [-0.4, -0.2) is 22.3 Å². The predicted octanol–water partition coefficient (Wildman–Crippen LogP) is 5.42. The van der Waals surface area contributed by atoms with Gasteiger partial charge >= 0.3 is 0 Å². The SMILES string of the molecule is CC1(c2ccc(-c3ccccc3)cc2)C=CC=C(C2N3N=C4C=CC=CC423)C1. The van der Waals surface area contributed by atoms with Gasteiger partial charge in [0.25, 0.3) is 0 Å². The number of hydrazone groups is 1. The summed E-state index contributed by atoms with van der Waals surface area (Å²) in [6, 6.07) is 20.1. The van der Waals surface area contributed by atoms with E-state index in [2.05, 4.69) is 114 Å². The van der Waals surface area contributed by atoms with Crippen molar-refractivity contribution < 1.29 is 0 Å². The molecule has 2 aromatic rings. The van der Waals surface area contributed by atoms with E-state index >= 15 is 0 Å². The van der Waals surface area contributed by atoms with Gasteiger partial charge in [0.1, 0.15) is 11.6 Å². The average Bonchev–Trinajstić information content (AvgIpc) is 3.21. The fraction of sp³-hybridized carbons (Fsp3) is 0.192. The number of nitrogens with zero attached hydrogens (tertiary/aromatic N) is 2. The van der Waals surface area contributed by atoms with Gasteiger partial charge in [0.2, 0.25) is 0 Å². The van der Waals surface area contributed by atoms with E-state index in [1.54, 1.807) is 0 Å². The third kappa shape index (κ3) is 2.06. The molecule has 2 nitrogen and oxygen atoms in total. The second-order valence-electron chi connectivity index (χ2n) is 8.41. The van der Waals surface area contributed by atoms with Crippen LogP contribution in [-0.2, 0) is 5.41 Å². The van der Waals surface area contributed by atoms with Gasteiger partial charge in [0.15, 0.2) is 0 Å². The van der Waals surface area contributed by atoms with E-state index in [0.29, 0.717) is 6.04 Å². The van der Waals surface area contributed by atoms with Crippen LogP contribution in [0.15, 0.2) is 108 Å². The first-order valence-electron chi connectivity index (χ1n) is 9.99. The fourth-order valence-corrected chi connectivity index (χ4v) is 5.04. The molecule has 0 aromatic heterocycles. The highest BCUT2D eigenvalue weighted by Crippen LogP contribution is 2.57. The van der Waals surface area contributed by atoms with Gasteiger partial charge in [-0.3, -0.25) is 5.01 Å². The summed E-state index contributed by atoms with van der Waals surface area (Å²) in [7, 11) is 0. The van der Waals surface area contributed by atoms with E-state index in [1.807, 2.05) is 0 Å². The lowest BCUT2D eigenvalue weighted by molar-refractivity contribution is 0.468. The first-order chi connectivity index (χ1) is 13.7. The minimum Gasteiger partial charge on any atom is -0.268 e. The summed E-state index contributed by atoms with van der Waals surface area (Å²) in [6.45, 7) is 2.35. The minimum absolute atomic E-state index is 0.0213. The summed E-state index contributed by atoms with van der Waals surface area (Å²) in [6.07, 6.45) is 16.6. The molecule has 1 fully saturated rings. The molecule has 1 spiro atoms. The number of hydrogen-bond acceptors (Lipinski definition) is 2. The topological polar surface area (TPSA) is 15.4 Å². The molecule has 0 saturated carbocycles. The van der Waals surface area contributed by atoms with Crippen molar-refractivity contribution in [2.45, 2.75) is 30.3 Å². The summed E-state index contributed by atoms with van der Waals surface area (Å²) in [5.74, 6) is 0. The van der Waals surface area contributed by atoms with Gasteiger partial charge in [0, 0.05) is 5.41 Å². The molecule has 0 N–H and O–H groups in total. The number of rotatable bonds is 3. The van der Waals surface area contributed by atoms with Crippen LogP contribution >= 0.6 is 0 Å². The lowest BCUT2D eigenvalue weighted by Crippen LogP contribution is -2.35. The highest BCUT2D eigenvalue weighted by Gasteiger charge is 2.71. The van der Waals surface area contributed by atoms with E-state index in [4.69, 9.17) is 0 Å². The van der Waals surface area contributed by atoms with Crippen LogP contribution in [0.5, 0.6) is 0 Å². The summed E-state index contributed by atoms with van der Waals surface area (Å²) < 4.78 is 0. The lowest BCUT2D eigenvalue weighted by Gasteiger charge is -2.30. The Hall–Kier alpha value is -3.13. The van der Waals surface area contributed by atoms with Crippen molar-refractivity contribution in [3.05, 3.63) is 108 Å². The third-order valence-corrected chi connectivity index (χ3v) is 6.66. The first kappa shape index (κ1) is 15.9. The zero-order valence-electron chi connectivity index (χ0n) is 15.9. The Bertz CT molecular complexity index is 1100. The lowest BCUT2D eigenvalue weighted by atomic mass is 9.72. The Morgan fingerprint density at radius 3 is 2.46 bits per heavy atom. The van der Waals surface area contributed by atoms with E-state index in [9.17, 15) is 0 Å². The van der Waals surface area contributed by atoms with Crippen molar-refractivity contribution in [2.24, 2.45) is 5.10 Å². The normalized spacial score (nSPS) is 31.5. The standard InChI is InChI=1S/C26H22N2/c1-25(22-14-12-20(13-15-22)19-8-3-2-4-9-19)16-7-10-21(18-25)24-26-17-6-5-11-23(26)27-28(24)26/h2-17,24H,18H2,1H3. The van der Waals surface area contributed by atoms with Crippen molar-refractivity contribution >= 4 is 5.71 Å². The summed E-state index contributed by atoms with van der Waals surface area (Å²) in [4.78, 5) is 0. The maximum absolute atomic E-state index is 4.68. The smallest absolute Gasteiger partial charge is 0.146 e. The second kappa shape index (κ2) is 5.45. The quantitative estimate of drug-likeness (QED) is 0.666. The van der Waals surface area contributed by atoms with Crippen LogP contribution in [0, 0.1) is 0 Å². The van der Waals surface area contributed by atoms with Crippen LogP contribution < -0.4 is 0 Å². The minimum atomic E-state index is 0.0213. The van der Waals surface area contributed by atoms with Crippen molar-refractivity contribution in [2.75, 3.05) is 0 Å².